The van der Waals surface area contributed by atoms with Crippen LogP contribution in [0.2, 0.25) is 0 Å². The number of aliphatic hydroxyl groups is 1. The van der Waals surface area contributed by atoms with Gasteiger partial charge in [0.25, 0.3) is 15.9 Å². The molecule has 0 saturated carbocycles. The van der Waals surface area contributed by atoms with E-state index in [0.717, 1.165) is 31.4 Å². The van der Waals surface area contributed by atoms with Gasteiger partial charge in [-0.1, -0.05) is 6.92 Å². The molecule has 1 aliphatic heterocycles. The molecule has 2 N–H and O–H groups in total. The molecular formula is C35H48N4O7S. The van der Waals surface area contributed by atoms with Crippen LogP contribution in [0.5, 0.6) is 11.5 Å². The van der Waals surface area contributed by atoms with E-state index < -0.39 is 16.1 Å². The number of aliphatic hydroxyl groups excluding tert-OH is 1. The van der Waals surface area contributed by atoms with Crippen LogP contribution in [0.25, 0.3) is 0 Å². The van der Waals surface area contributed by atoms with Crippen molar-refractivity contribution in [1.82, 2.24) is 14.8 Å². The van der Waals surface area contributed by atoms with Gasteiger partial charge in [-0.3, -0.25) is 19.4 Å². The van der Waals surface area contributed by atoms with E-state index in [9.17, 15) is 18.3 Å². The maximum atomic E-state index is 14.4. The van der Waals surface area contributed by atoms with Gasteiger partial charge in [-0.15, -0.1) is 0 Å². The summed E-state index contributed by atoms with van der Waals surface area (Å²) in [6, 6.07) is 14.2. The zero-order chi connectivity index (χ0) is 34.0. The maximum Gasteiger partial charge on any atom is 0.261 e. The molecule has 4 rings (SSSR count). The number of fused-ring (bicyclic) bond motifs is 1. The Morgan fingerprint density at radius 1 is 1.11 bits per heavy atom. The van der Waals surface area contributed by atoms with E-state index in [1.165, 1.54) is 25.3 Å². The van der Waals surface area contributed by atoms with E-state index in [1.807, 2.05) is 26.1 Å². The lowest BCUT2D eigenvalue weighted by atomic mass is 10.0. The highest BCUT2D eigenvalue weighted by Crippen LogP contribution is 2.30. The van der Waals surface area contributed by atoms with Gasteiger partial charge in [0.15, 0.2) is 0 Å². The van der Waals surface area contributed by atoms with Crippen LogP contribution in [0.4, 0.5) is 5.69 Å². The molecule has 0 unspecified atom stereocenters. The minimum atomic E-state index is -3.96. The molecule has 0 aliphatic carbocycles. The van der Waals surface area contributed by atoms with E-state index in [0.29, 0.717) is 31.2 Å². The summed E-state index contributed by atoms with van der Waals surface area (Å²) in [5, 5.41) is 10.2. The zero-order valence-corrected chi connectivity index (χ0v) is 28.8. The first kappa shape index (κ1) is 36.1. The summed E-state index contributed by atoms with van der Waals surface area (Å²) in [7, 11) is -0.408. The number of pyridine rings is 1. The van der Waals surface area contributed by atoms with Crippen LogP contribution in [-0.4, -0.2) is 92.9 Å². The first-order valence-electron chi connectivity index (χ1n) is 16.1. The summed E-state index contributed by atoms with van der Waals surface area (Å²) in [6.45, 7) is 7.82. The maximum absolute atomic E-state index is 14.4. The summed E-state index contributed by atoms with van der Waals surface area (Å²) in [4.78, 5) is 22.4. The van der Waals surface area contributed by atoms with Crippen molar-refractivity contribution >= 4 is 21.6 Å². The smallest absolute Gasteiger partial charge is 0.261 e. The Bertz CT molecular complexity index is 1540. The minimum Gasteiger partial charge on any atom is -0.497 e. The highest BCUT2D eigenvalue weighted by Gasteiger charge is 2.30. The molecule has 256 valence electrons. The molecule has 0 fully saturated rings. The quantitative estimate of drug-likeness (QED) is 0.312. The first-order chi connectivity index (χ1) is 22.5. The molecule has 2 aromatic carbocycles. The second kappa shape index (κ2) is 16.9. The molecule has 0 spiro atoms. The third-order valence-electron chi connectivity index (χ3n) is 8.37. The van der Waals surface area contributed by atoms with Gasteiger partial charge in [-0.2, -0.15) is 0 Å². The number of likely N-dealkylation sites (N-methyl/N-ethyl adjacent to an activating group) is 1. The molecule has 47 heavy (non-hydrogen) atoms. The molecule has 0 saturated heterocycles. The fourth-order valence-electron chi connectivity index (χ4n) is 5.59. The number of nitrogens with zero attached hydrogens (tertiary/aromatic N) is 3. The number of ether oxygens (including phenoxy) is 3. The molecule has 11 nitrogen and oxygen atoms in total. The first-order valence-corrected chi connectivity index (χ1v) is 17.6. The van der Waals surface area contributed by atoms with E-state index in [1.54, 1.807) is 48.5 Å². The van der Waals surface area contributed by atoms with Gasteiger partial charge in [-0.25, -0.2) is 8.42 Å². The fourth-order valence-corrected chi connectivity index (χ4v) is 6.64. The topological polar surface area (TPSA) is 131 Å². The van der Waals surface area contributed by atoms with Crippen molar-refractivity contribution in [3.05, 3.63) is 78.1 Å². The molecule has 12 heteroatoms. The molecule has 1 aliphatic rings. The normalized spacial score (nSPS) is 20.5. The molecule has 1 amide bonds. The van der Waals surface area contributed by atoms with E-state index in [4.69, 9.17) is 14.2 Å². The monoisotopic (exact) mass is 668 g/mol. The number of benzene rings is 2. The van der Waals surface area contributed by atoms with Gasteiger partial charge >= 0.3 is 0 Å². The predicted molar refractivity (Wildman–Crippen MR) is 181 cm³/mol. The lowest BCUT2D eigenvalue weighted by molar-refractivity contribution is -0.0177. The van der Waals surface area contributed by atoms with Gasteiger partial charge in [0, 0.05) is 50.2 Å². The number of aromatic nitrogens is 1. The number of rotatable bonds is 10. The lowest BCUT2D eigenvalue weighted by Gasteiger charge is -2.36. The molecule has 4 atom stereocenters. The number of carbonyl (C=O) groups is 1. The number of hydrogen-bond donors (Lipinski definition) is 2. The molecule has 2 heterocycles. The summed E-state index contributed by atoms with van der Waals surface area (Å²) in [6.07, 6.45) is 5.68. The molecule has 0 bridgehead atoms. The number of sulfonamides is 1. The standard InChI is InChI=1S/C35H48N4O7S/c1-25-21-39(26(2)24-40)35(41)32-20-29(37-47(42,43)31-12-10-30(44-5)11-13-31)9-14-33(32)46-27(3)8-6-7-19-45-34(25)23-38(4)22-28-15-17-36-18-16-28/h9-18,20,25-27,34,37,40H,6-8,19,21-24H2,1-5H3/t25-,26+,27-,34-/m0/s1. The third-order valence-corrected chi connectivity index (χ3v) is 9.76. The summed E-state index contributed by atoms with van der Waals surface area (Å²) in [5.74, 6) is 0.440. The van der Waals surface area contributed by atoms with E-state index in [2.05, 4.69) is 21.5 Å². The Kier molecular flexibility index (Phi) is 13.0. The van der Waals surface area contributed by atoms with Crippen LogP contribution in [0, 0.1) is 5.92 Å². The minimum absolute atomic E-state index is 0.0545. The van der Waals surface area contributed by atoms with Gasteiger partial charge in [0.1, 0.15) is 11.5 Å². The second-order valence-corrected chi connectivity index (χ2v) is 14.0. The molecular weight excluding hydrogens is 620 g/mol. The van der Waals surface area contributed by atoms with Crippen molar-refractivity contribution in [2.24, 2.45) is 5.92 Å². The van der Waals surface area contributed by atoms with Crippen LogP contribution in [0.3, 0.4) is 0 Å². The SMILES string of the molecule is COc1ccc(S(=O)(=O)Nc2ccc3c(c2)C(=O)N([C@H](C)CO)C[C@H](C)[C@H](CN(C)Cc2ccncc2)OCCCC[C@H](C)O3)cc1. The summed E-state index contributed by atoms with van der Waals surface area (Å²) < 4.78 is 47.0. The Morgan fingerprint density at radius 2 is 1.83 bits per heavy atom. The second-order valence-electron chi connectivity index (χ2n) is 12.3. The highest BCUT2D eigenvalue weighted by atomic mass is 32.2. The highest BCUT2D eigenvalue weighted by molar-refractivity contribution is 7.92. The number of anilines is 1. The number of hydrogen-bond acceptors (Lipinski definition) is 9. The van der Waals surface area contributed by atoms with Crippen molar-refractivity contribution in [3.63, 3.8) is 0 Å². The average molecular weight is 669 g/mol. The lowest BCUT2D eigenvalue weighted by Crippen LogP contribution is -2.47. The average Bonchev–Trinajstić information content (AvgIpc) is 3.06. The van der Waals surface area contributed by atoms with E-state index in [-0.39, 0.29) is 46.8 Å². The summed E-state index contributed by atoms with van der Waals surface area (Å²) in [5.41, 5.74) is 1.57. The fraction of sp³-hybridized carbons (Fsp3) is 0.486. The van der Waals surface area contributed by atoms with Crippen molar-refractivity contribution in [2.75, 3.05) is 45.2 Å². The Hall–Kier alpha value is -3.71. The number of amides is 1. The van der Waals surface area contributed by atoms with Crippen molar-refractivity contribution in [2.45, 2.75) is 69.7 Å². The van der Waals surface area contributed by atoms with Gasteiger partial charge < -0.3 is 24.2 Å². The molecule has 3 aromatic rings. The Morgan fingerprint density at radius 3 is 2.51 bits per heavy atom. The van der Waals surface area contributed by atoms with Crippen LogP contribution in [0.1, 0.15) is 56.0 Å². The van der Waals surface area contributed by atoms with Gasteiger partial charge in [0.2, 0.25) is 0 Å². The van der Waals surface area contributed by atoms with Crippen molar-refractivity contribution in [1.29, 1.82) is 0 Å². The molecule has 0 radical (unpaired) electrons. The molecule has 1 aromatic heterocycles. The van der Waals surface area contributed by atoms with E-state index >= 15 is 0 Å². The predicted octanol–water partition coefficient (Wildman–Crippen LogP) is 4.82. The van der Waals surface area contributed by atoms with Crippen LogP contribution < -0.4 is 14.2 Å². The largest absolute Gasteiger partial charge is 0.497 e. The Balaban J connectivity index is 1.64. The number of carbonyl (C=O) groups excluding carboxylic acids is 1. The van der Waals surface area contributed by atoms with Crippen molar-refractivity contribution in [3.8, 4) is 11.5 Å². The van der Waals surface area contributed by atoms with Crippen LogP contribution in [0.15, 0.2) is 71.9 Å². The number of methoxy groups -OCH3 is 1. The van der Waals surface area contributed by atoms with Gasteiger partial charge in [0.05, 0.1) is 42.4 Å². The van der Waals surface area contributed by atoms with Crippen LogP contribution in [-0.2, 0) is 21.3 Å². The van der Waals surface area contributed by atoms with Crippen LogP contribution >= 0.6 is 0 Å². The summed E-state index contributed by atoms with van der Waals surface area (Å²) >= 11 is 0. The van der Waals surface area contributed by atoms with Gasteiger partial charge in [-0.05, 0) is 100 Å². The third kappa shape index (κ3) is 10.1. The number of nitrogens with one attached hydrogen (secondary N) is 1. The Labute approximate surface area is 278 Å². The van der Waals surface area contributed by atoms with Crippen molar-refractivity contribution < 1.29 is 32.5 Å². The zero-order valence-electron chi connectivity index (χ0n) is 28.0.